The van der Waals surface area contributed by atoms with Crippen molar-refractivity contribution < 1.29 is 18.7 Å². The highest BCUT2D eigenvalue weighted by Crippen LogP contribution is 2.26. The van der Waals surface area contributed by atoms with E-state index >= 15 is 0 Å². The van der Waals surface area contributed by atoms with Gasteiger partial charge in [-0.2, -0.15) is 0 Å². The molecule has 0 atom stereocenters. The Bertz CT molecular complexity index is 954. The van der Waals surface area contributed by atoms with Crippen molar-refractivity contribution in [2.45, 2.75) is 6.92 Å². The molecular formula is C20H17NO4. The van der Waals surface area contributed by atoms with E-state index in [9.17, 15) is 9.59 Å². The number of fused-ring (bicyclic) bond motifs is 1. The Morgan fingerprint density at radius 1 is 1.04 bits per heavy atom. The fourth-order valence-corrected chi connectivity index (χ4v) is 2.50. The van der Waals surface area contributed by atoms with Crippen LogP contribution in [0, 0.1) is 6.92 Å². The van der Waals surface area contributed by atoms with E-state index in [-0.39, 0.29) is 5.70 Å². The van der Waals surface area contributed by atoms with Gasteiger partial charge in [0.05, 0.1) is 7.11 Å². The maximum atomic E-state index is 12.3. The van der Waals surface area contributed by atoms with Crippen LogP contribution < -0.4 is 5.32 Å². The Morgan fingerprint density at radius 2 is 1.72 bits per heavy atom. The molecule has 0 aliphatic carbocycles. The summed E-state index contributed by atoms with van der Waals surface area (Å²) in [7, 11) is 1.26. The molecule has 0 fully saturated rings. The van der Waals surface area contributed by atoms with Crippen LogP contribution in [0.3, 0.4) is 0 Å². The number of para-hydroxylation sites is 1. The number of furan rings is 1. The molecule has 0 bridgehead atoms. The van der Waals surface area contributed by atoms with Crippen molar-refractivity contribution >= 4 is 28.9 Å². The number of ether oxygens (including phenoxy) is 1. The number of nitrogens with one attached hydrogen (secondary N) is 1. The molecule has 1 amide bonds. The zero-order valence-electron chi connectivity index (χ0n) is 13.9. The fraction of sp³-hybridized carbons (Fsp3) is 0.100. The lowest BCUT2D eigenvalue weighted by Crippen LogP contribution is -2.28. The molecule has 126 valence electrons. The van der Waals surface area contributed by atoms with E-state index in [0.29, 0.717) is 16.9 Å². The summed E-state index contributed by atoms with van der Waals surface area (Å²) in [5.41, 5.74) is 2.05. The van der Waals surface area contributed by atoms with Gasteiger partial charge < -0.3 is 14.5 Å². The maximum absolute atomic E-state index is 12.3. The van der Waals surface area contributed by atoms with Crippen molar-refractivity contribution in [1.82, 2.24) is 5.32 Å². The normalized spacial score (nSPS) is 11.4. The summed E-state index contributed by atoms with van der Waals surface area (Å²) < 4.78 is 10.5. The van der Waals surface area contributed by atoms with Crippen LogP contribution in [0.5, 0.6) is 0 Å². The number of methoxy groups -OCH3 is 1. The highest BCUT2D eigenvalue weighted by atomic mass is 16.5. The topological polar surface area (TPSA) is 68.5 Å². The van der Waals surface area contributed by atoms with Crippen molar-refractivity contribution in [3.05, 3.63) is 77.2 Å². The molecule has 5 nitrogen and oxygen atoms in total. The van der Waals surface area contributed by atoms with Gasteiger partial charge in [0.2, 0.25) is 0 Å². The molecule has 1 aromatic heterocycles. The second-order valence-corrected chi connectivity index (χ2v) is 5.46. The summed E-state index contributed by atoms with van der Waals surface area (Å²) in [5, 5.41) is 3.54. The van der Waals surface area contributed by atoms with Crippen molar-refractivity contribution in [3.8, 4) is 0 Å². The van der Waals surface area contributed by atoms with Gasteiger partial charge in [0, 0.05) is 22.6 Å². The molecule has 3 aromatic rings. The minimum absolute atomic E-state index is 0.0125. The molecule has 1 N–H and O–H groups in total. The molecule has 0 radical (unpaired) electrons. The number of aryl methyl sites for hydroxylation is 1. The van der Waals surface area contributed by atoms with Crippen LogP contribution in [-0.2, 0) is 9.53 Å². The second kappa shape index (κ2) is 7.05. The van der Waals surface area contributed by atoms with Crippen LogP contribution in [-0.4, -0.2) is 19.0 Å². The SMILES string of the molecule is COC(=O)C(=Cc1oc2ccccc2c1C)NC(=O)c1ccccc1. The van der Waals surface area contributed by atoms with Crippen LogP contribution in [0.25, 0.3) is 17.0 Å². The largest absolute Gasteiger partial charge is 0.464 e. The molecule has 0 spiro atoms. The fourth-order valence-electron chi connectivity index (χ4n) is 2.50. The van der Waals surface area contributed by atoms with Crippen molar-refractivity contribution in [1.29, 1.82) is 0 Å². The molecule has 0 aliphatic rings. The lowest BCUT2D eigenvalue weighted by molar-refractivity contribution is -0.136. The average molecular weight is 335 g/mol. The van der Waals surface area contributed by atoms with E-state index in [1.54, 1.807) is 24.3 Å². The van der Waals surface area contributed by atoms with E-state index in [1.165, 1.54) is 13.2 Å². The average Bonchev–Trinajstić information content (AvgIpc) is 2.97. The van der Waals surface area contributed by atoms with E-state index < -0.39 is 11.9 Å². The third-order valence-electron chi connectivity index (χ3n) is 3.85. The van der Waals surface area contributed by atoms with Gasteiger partial charge in [0.15, 0.2) is 0 Å². The second-order valence-electron chi connectivity index (χ2n) is 5.46. The molecule has 2 aromatic carbocycles. The van der Waals surface area contributed by atoms with E-state index in [2.05, 4.69) is 5.32 Å². The Balaban J connectivity index is 1.97. The number of amides is 1. The van der Waals surface area contributed by atoms with Gasteiger partial charge in [0.1, 0.15) is 17.0 Å². The molecule has 25 heavy (non-hydrogen) atoms. The lowest BCUT2D eigenvalue weighted by atomic mass is 10.1. The standard InChI is InChI=1S/C20H17NO4/c1-13-15-10-6-7-11-17(15)25-18(13)12-16(20(23)24-2)21-19(22)14-8-4-3-5-9-14/h3-12H,1-2H3,(H,21,22). The van der Waals surface area contributed by atoms with Gasteiger partial charge in [0.25, 0.3) is 5.91 Å². The van der Waals surface area contributed by atoms with Crippen LogP contribution in [0.15, 0.2) is 64.7 Å². The summed E-state index contributed by atoms with van der Waals surface area (Å²) >= 11 is 0. The maximum Gasteiger partial charge on any atom is 0.354 e. The first kappa shape index (κ1) is 16.5. The summed E-state index contributed by atoms with van der Waals surface area (Å²) in [6.45, 7) is 1.89. The van der Waals surface area contributed by atoms with Gasteiger partial charge in [-0.05, 0) is 25.1 Å². The minimum Gasteiger partial charge on any atom is -0.464 e. The molecule has 0 saturated heterocycles. The number of carbonyl (C=O) groups is 2. The Kier molecular flexibility index (Phi) is 4.66. The highest BCUT2D eigenvalue weighted by Gasteiger charge is 2.17. The first-order valence-corrected chi connectivity index (χ1v) is 7.74. The van der Waals surface area contributed by atoms with Crippen LogP contribution in [0.4, 0.5) is 0 Å². The lowest BCUT2D eigenvalue weighted by Gasteiger charge is -2.08. The predicted molar refractivity (Wildman–Crippen MR) is 94.9 cm³/mol. The van der Waals surface area contributed by atoms with Crippen LogP contribution in [0.1, 0.15) is 21.7 Å². The van der Waals surface area contributed by atoms with Gasteiger partial charge in [-0.15, -0.1) is 0 Å². The number of benzene rings is 2. The van der Waals surface area contributed by atoms with Crippen LogP contribution in [0.2, 0.25) is 0 Å². The number of hydrogen-bond donors (Lipinski definition) is 1. The minimum atomic E-state index is -0.649. The van der Waals surface area contributed by atoms with Crippen molar-refractivity contribution in [3.63, 3.8) is 0 Å². The molecule has 3 rings (SSSR count). The predicted octanol–water partition coefficient (Wildman–Crippen LogP) is 3.69. The zero-order valence-corrected chi connectivity index (χ0v) is 13.9. The van der Waals surface area contributed by atoms with E-state index in [1.807, 2.05) is 37.3 Å². The summed E-state index contributed by atoms with van der Waals surface area (Å²) in [6, 6.07) is 16.2. The molecule has 0 aliphatic heterocycles. The summed E-state index contributed by atoms with van der Waals surface area (Å²) in [5.74, 6) is -0.551. The van der Waals surface area contributed by atoms with Crippen LogP contribution >= 0.6 is 0 Å². The first-order valence-electron chi connectivity index (χ1n) is 7.74. The van der Waals surface area contributed by atoms with Gasteiger partial charge in [-0.1, -0.05) is 36.4 Å². The molecule has 1 heterocycles. The zero-order chi connectivity index (χ0) is 17.8. The first-order chi connectivity index (χ1) is 12.1. The smallest absolute Gasteiger partial charge is 0.354 e. The number of carbonyl (C=O) groups excluding carboxylic acids is 2. The quantitative estimate of drug-likeness (QED) is 0.583. The third kappa shape index (κ3) is 3.45. The van der Waals surface area contributed by atoms with E-state index in [4.69, 9.17) is 9.15 Å². The van der Waals surface area contributed by atoms with Crippen molar-refractivity contribution in [2.24, 2.45) is 0 Å². The molecule has 5 heteroatoms. The molecule has 0 saturated carbocycles. The molecule has 0 unspecified atom stereocenters. The summed E-state index contributed by atoms with van der Waals surface area (Å²) in [6.07, 6.45) is 1.49. The third-order valence-corrected chi connectivity index (χ3v) is 3.85. The van der Waals surface area contributed by atoms with E-state index in [0.717, 1.165) is 10.9 Å². The van der Waals surface area contributed by atoms with Gasteiger partial charge in [-0.25, -0.2) is 4.79 Å². The molecular weight excluding hydrogens is 318 g/mol. The Hall–Kier alpha value is -3.34. The number of esters is 1. The van der Waals surface area contributed by atoms with Crippen molar-refractivity contribution in [2.75, 3.05) is 7.11 Å². The summed E-state index contributed by atoms with van der Waals surface area (Å²) in [4.78, 5) is 24.4. The van der Waals surface area contributed by atoms with Gasteiger partial charge in [-0.3, -0.25) is 4.79 Å². The monoisotopic (exact) mass is 335 g/mol. The van der Waals surface area contributed by atoms with Gasteiger partial charge >= 0.3 is 5.97 Å². The number of rotatable bonds is 4. The Labute approximate surface area is 144 Å². The number of hydrogen-bond acceptors (Lipinski definition) is 4. The highest BCUT2D eigenvalue weighted by molar-refractivity contribution is 6.03. The Morgan fingerprint density at radius 3 is 2.40 bits per heavy atom.